The van der Waals surface area contributed by atoms with E-state index in [0.717, 1.165) is 10.9 Å². The highest BCUT2D eigenvalue weighted by molar-refractivity contribution is 5.98. The number of aryl methyl sites for hydroxylation is 1. The molecule has 0 atom stereocenters. The zero-order valence-electron chi connectivity index (χ0n) is 16.8. The maximum Gasteiger partial charge on any atom is 0.390 e. The second-order valence-corrected chi connectivity index (χ2v) is 7.34. The molecule has 0 aliphatic carbocycles. The van der Waals surface area contributed by atoms with Crippen LogP contribution in [0, 0.1) is 0 Å². The summed E-state index contributed by atoms with van der Waals surface area (Å²) in [5.41, 5.74) is 2.36. The van der Waals surface area contributed by atoms with Gasteiger partial charge in [-0.15, -0.1) is 0 Å². The van der Waals surface area contributed by atoms with Gasteiger partial charge >= 0.3 is 12.1 Å². The Labute approximate surface area is 175 Å². The third kappa shape index (κ3) is 4.28. The van der Waals surface area contributed by atoms with Gasteiger partial charge in [0.1, 0.15) is 0 Å². The number of halogens is 3. The molecule has 0 unspecified atom stereocenters. The fraction of sp³-hybridized carbons (Fsp3) is 0.381. The number of hydrogen-bond acceptors (Lipinski definition) is 4. The molecule has 0 fully saturated rings. The third-order valence-corrected chi connectivity index (χ3v) is 5.30. The van der Waals surface area contributed by atoms with E-state index in [-0.39, 0.29) is 31.3 Å². The number of amides is 1. The van der Waals surface area contributed by atoms with E-state index in [1.165, 1.54) is 4.68 Å². The fourth-order valence-corrected chi connectivity index (χ4v) is 3.81. The predicted octanol–water partition coefficient (Wildman–Crippen LogP) is 3.69. The fourth-order valence-electron chi connectivity index (χ4n) is 3.81. The molecule has 0 saturated carbocycles. The number of benzene rings is 1. The molecule has 3 aromatic rings. The zero-order valence-corrected chi connectivity index (χ0v) is 16.8. The van der Waals surface area contributed by atoms with Gasteiger partial charge in [-0.2, -0.15) is 18.3 Å². The minimum atomic E-state index is -4.34. The van der Waals surface area contributed by atoms with Crippen LogP contribution in [0.5, 0.6) is 0 Å². The quantitative estimate of drug-likeness (QED) is 0.621. The number of nitrogens with zero attached hydrogens (tertiary/aromatic N) is 3. The topological polar surface area (TPSA) is 80.2 Å². The van der Waals surface area contributed by atoms with Gasteiger partial charge in [-0.3, -0.25) is 9.48 Å². The van der Waals surface area contributed by atoms with Crippen molar-refractivity contribution in [1.82, 2.24) is 19.7 Å². The van der Waals surface area contributed by atoms with Crippen LogP contribution in [0.2, 0.25) is 0 Å². The third-order valence-electron chi connectivity index (χ3n) is 5.30. The SMILES string of the molecule is CCOC(=O)c1nn(CCC(F)(F)F)c2c1CN(C(=O)c1ccc3[nH]ccc3c1)CC2. The maximum atomic E-state index is 13.1. The summed E-state index contributed by atoms with van der Waals surface area (Å²) in [5, 5.41) is 5.01. The van der Waals surface area contributed by atoms with Crippen molar-refractivity contribution < 1.29 is 27.5 Å². The van der Waals surface area contributed by atoms with Crippen molar-refractivity contribution in [2.45, 2.75) is 39.0 Å². The Bertz CT molecular complexity index is 1130. The molecule has 4 rings (SSSR count). The first kappa shape index (κ1) is 21.0. The lowest BCUT2D eigenvalue weighted by atomic mass is 10.0. The molecule has 0 saturated heterocycles. The number of carbonyl (C=O) groups is 2. The molecule has 1 amide bonds. The second kappa shape index (κ2) is 8.09. The number of alkyl halides is 3. The van der Waals surface area contributed by atoms with Crippen LogP contribution in [0.3, 0.4) is 0 Å². The molecule has 10 heteroatoms. The van der Waals surface area contributed by atoms with Gasteiger partial charge < -0.3 is 14.6 Å². The smallest absolute Gasteiger partial charge is 0.390 e. The summed E-state index contributed by atoms with van der Waals surface area (Å²) in [6, 6.07) is 7.18. The molecular formula is C21H21F3N4O3. The van der Waals surface area contributed by atoms with Gasteiger partial charge in [0.25, 0.3) is 5.91 Å². The van der Waals surface area contributed by atoms with E-state index in [1.807, 2.05) is 12.1 Å². The number of fused-ring (bicyclic) bond motifs is 2. The summed E-state index contributed by atoms with van der Waals surface area (Å²) in [4.78, 5) is 30.1. The lowest BCUT2D eigenvalue weighted by Gasteiger charge is -2.28. The van der Waals surface area contributed by atoms with Gasteiger partial charge in [-0.1, -0.05) is 0 Å². The molecule has 1 aromatic carbocycles. The van der Waals surface area contributed by atoms with Gasteiger partial charge in [0.15, 0.2) is 5.69 Å². The zero-order chi connectivity index (χ0) is 22.2. The molecular weight excluding hydrogens is 413 g/mol. The molecule has 0 radical (unpaired) electrons. The van der Waals surface area contributed by atoms with Crippen LogP contribution in [0.15, 0.2) is 30.5 Å². The number of nitrogens with one attached hydrogen (secondary N) is 1. The van der Waals surface area contributed by atoms with Crippen LogP contribution in [-0.2, 0) is 24.2 Å². The van der Waals surface area contributed by atoms with Gasteiger partial charge in [0.05, 0.1) is 19.6 Å². The van der Waals surface area contributed by atoms with Crippen molar-refractivity contribution in [2.75, 3.05) is 13.2 Å². The van der Waals surface area contributed by atoms with E-state index < -0.39 is 18.6 Å². The number of H-pyrrole nitrogens is 1. The lowest BCUT2D eigenvalue weighted by molar-refractivity contribution is -0.137. The molecule has 2 aromatic heterocycles. The van der Waals surface area contributed by atoms with Crippen molar-refractivity contribution in [3.63, 3.8) is 0 Å². The molecule has 164 valence electrons. The lowest BCUT2D eigenvalue weighted by Crippen LogP contribution is -2.37. The first-order valence-corrected chi connectivity index (χ1v) is 9.95. The highest BCUT2D eigenvalue weighted by atomic mass is 19.4. The number of hydrogen-bond donors (Lipinski definition) is 1. The van der Waals surface area contributed by atoms with Crippen LogP contribution in [0.1, 0.15) is 45.4 Å². The van der Waals surface area contributed by atoms with E-state index in [0.29, 0.717) is 29.8 Å². The van der Waals surface area contributed by atoms with E-state index >= 15 is 0 Å². The van der Waals surface area contributed by atoms with E-state index in [1.54, 1.807) is 30.2 Å². The molecule has 1 N–H and O–H groups in total. The summed E-state index contributed by atoms with van der Waals surface area (Å²) in [7, 11) is 0. The van der Waals surface area contributed by atoms with Gasteiger partial charge in [-0.05, 0) is 31.2 Å². The second-order valence-electron chi connectivity index (χ2n) is 7.34. The molecule has 31 heavy (non-hydrogen) atoms. The average Bonchev–Trinajstić information content (AvgIpc) is 3.35. The van der Waals surface area contributed by atoms with Gasteiger partial charge in [-0.25, -0.2) is 4.79 Å². The number of aromatic amines is 1. The first-order chi connectivity index (χ1) is 14.8. The van der Waals surface area contributed by atoms with Gasteiger partial charge in [0, 0.05) is 53.4 Å². The Morgan fingerprint density at radius 1 is 1.26 bits per heavy atom. The molecule has 1 aliphatic rings. The summed E-state index contributed by atoms with van der Waals surface area (Å²) in [6.07, 6.45) is -3.30. The highest BCUT2D eigenvalue weighted by Crippen LogP contribution is 2.27. The van der Waals surface area contributed by atoms with E-state index in [4.69, 9.17) is 4.74 Å². The number of esters is 1. The van der Waals surface area contributed by atoms with Crippen molar-refractivity contribution in [1.29, 1.82) is 0 Å². The van der Waals surface area contributed by atoms with Crippen LogP contribution in [0.25, 0.3) is 10.9 Å². The van der Waals surface area contributed by atoms with E-state index in [9.17, 15) is 22.8 Å². The highest BCUT2D eigenvalue weighted by Gasteiger charge is 2.33. The number of ether oxygens (including phenoxy) is 1. The van der Waals surface area contributed by atoms with Gasteiger partial charge in [0.2, 0.25) is 0 Å². The number of rotatable bonds is 5. The minimum Gasteiger partial charge on any atom is -0.461 e. The predicted molar refractivity (Wildman–Crippen MR) is 106 cm³/mol. The van der Waals surface area contributed by atoms with Crippen molar-refractivity contribution >= 4 is 22.8 Å². The van der Waals surface area contributed by atoms with Crippen LogP contribution in [0.4, 0.5) is 13.2 Å². The first-order valence-electron chi connectivity index (χ1n) is 9.95. The van der Waals surface area contributed by atoms with Crippen molar-refractivity contribution in [3.8, 4) is 0 Å². The summed E-state index contributed by atoms with van der Waals surface area (Å²) >= 11 is 0. The molecule has 0 spiro atoms. The van der Waals surface area contributed by atoms with E-state index in [2.05, 4.69) is 10.1 Å². The molecule has 7 nitrogen and oxygen atoms in total. The monoisotopic (exact) mass is 434 g/mol. The average molecular weight is 434 g/mol. The van der Waals surface area contributed by atoms with Crippen LogP contribution < -0.4 is 0 Å². The van der Waals surface area contributed by atoms with Crippen molar-refractivity contribution in [3.05, 3.63) is 53.0 Å². The standard InChI is InChI=1S/C21H21F3N4O3/c1-2-31-20(30)18-15-12-27(9-6-17(15)28(26-18)10-7-21(22,23)24)19(29)14-3-4-16-13(11-14)5-8-25-16/h3-5,8,11,25H,2,6-7,9-10,12H2,1H3. The Kier molecular flexibility index (Phi) is 5.47. The molecule has 3 heterocycles. The molecule has 0 bridgehead atoms. The summed E-state index contributed by atoms with van der Waals surface area (Å²) in [5.74, 6) is -0.917. The summed E-state index contributed by atoms with van der Waals surface area (Å²) in [6.45, 7) is 1.76. The Morgan fingerprint density at radius 2 is 2.06 bits per heavy atom. The van der Waals surface area contributed by atoms with Crippen LogP contribution in [-0.4, -0.2) is 50.9 Å². The number of aromatic nitrogens is 3. The largest absolute Gasteiger partial charge is 0.461 e. The minimum absolute atomic E-state index is 0.0300. The normalized spacial score (nSPS) is 14.0. The Balaban J connectivity index is 1.62. The van der Waals surface area contributed by atoms with Crippen LogP contribution >= 0.6 is 0 Å². The Hall–Kier alpha value is -3.30. The van der Waals surface area contributed by atoms with Crippen molar-refractivity contribution in [2.24, 2.45) is 0 Å². The number of carbonyl (C=O) groups excluding carboxylic acids is 2. The summed E-state index contributed by atoms with van der Waals surface area (Å²) < 4.78 is 44.4. The Morgan fingerprint density at radius 3 is 2.81 bits per heavy atom. The molecule has 1 aliphatic heterocycles. The maximum absolute atomic E-state index is 13.1.